The molecule has 5 rings (SSSR count). The highest BCUT2D eigenvalue weighted by Crippen LogP contribution is 2.38. The van der Waals surface area contributed by atoms with E-state index in [2.05, 4.69) is 45.6 Å². The molecule has 2 aliphatic heterocycles. The van der Waals surface area contributed by atoms with E-state index < -0.39 is 0 Å². The van der Waals surface area contributed by atoms with E-state index >= 15 is 0 Å². The van der Waals surface area contributed by atoms with Crippen molar-refractivity contribution in [3.05, 3.63) is 65.6 Å². The van der Waals surface area contributed by atoms with Gasteiger partial charge in [0.2, 0.25) is 0 Å². The average molecular weight is 426 g/mol. The zero-order valence-electron chi connectivity index (χ0n) is 18.1. The van der Waals surface area contributed by atoms with Crippen LogP contribution in [-0.2, 0) is 4.74 Å². The van der Waals surface area contributed by atoms with Gasteiger partial charge in [0.1, 0.15) is 17.6 Å². The number of hydrogen-bond acceptors (Lipinski definition) is 6. The van der Waals surface area contributed by atoms with E-state index in [1.807, 2.05) is 12.3 Å². The Hall–Kier alpha value is -3.27. The van der Waals surface area contributed by atoms with Gasteiger partial charge < -0.3 is 15.8 Å². The summed E-state index contributed by atoms with van der Waals surface area (Å²) in [6, 6.07) is 15.0. The normalized spacial score (nSPS) is 19.0. The summed E-state index contributed by atoms with van der Waals surface area (Å²) in [6.45, 7) is 2.75. The van der Waals surface area contributed by atoms with Crippen LogP contribution in [0.3, 0.4) is 0 Å². The summed E-state index contributed by atoms with van der Waals surface area (Å²) in [7, 11) is 0. The molecule has 0 unspecified atom stereocenters. The Morgan fingerprint density at radius 3 is 2.62 bits per heavy atom. The molecule has 6 heteroatoms. The van der Waals surface area contributed by atoms with E-state index in [4.69, 9.17) is 10.5 Å². The fourth-order valence-electron chi connectivity index (χ4n) is 4.91. The summed E-state index contributed by atoms with van der Waals surface area (Å²) in [5, 5.41) is 12.9. The van der Waals surface area contributed by atoms with Crippen LogP contribution < -0.4 is 11.1 Å². The number of anilines is 1. The van der Waals surface area contributed by atoms with Crippen LogP contribution in [0, 0.1) is 11.3 Å². The van der Waals surface area contributed by atoms with E-state index in [0.717, 1.165) is 54.9 Å². The number of nitrogens with zero attached hydrogens (tertiary/aromatic N) is 3. The van der Waals surface area contributed by atoms with Gasteiger partial charge in [-0.3, -0.25) is 0 Å². The molecule has 1 aromatic carbocycles. The van der Waals surface area contributed by atoms with Gasteiger partial charge in [-0.1, -0.05) is 12.1 Å². The lowest BCUT2D eigenvalue weighted by atomic mass is 9.84. The first kappa shape index (κ1) is 20.6. The first-order chi connectivity index (χ1) is 15.7. The fraction of sp³-hybridized carbons (Fsp3) is 0.346. The number of nitrogen functional groups attached to an aromatic ring is 1. The highest BCUT2D eigenvalue weighted by molar-refractivity contribution is 5.79. The van der Waals surface area contributed by atoms with Crippen LogP contribution in [0.1, 0.15) is 54.5 Å². The Morgan fingerprint density at radius 1 is 0.969 bits per heavy atom. The highest BCUT2D eigenvalue weighted by Gasteiger charge is 2.25. The number of hydrogen-bond donors (Lipinski definition) is 2. The van der Waals surface area contributed by atoms with Crippen molar-refractivity contribution >= 4 is 5.82 Å². The van der Waals surface area contributed by atoms with Crippen molar-refractivity contribution in [1.82, 2.24) is 15.3 Å². The third-order valence-electron chi connectivity index (χ3n) is 6.62. The van der Waals surface area contributed by atoms with Crippen LogP contribution in [-0.4, -0.2) is 29.7 Å². The summed E-state index contributed by atoms with van der Waals surface area (Å²) < 4.78 is 5.60. The summed E-state index contributed by atoms with van der Waals surface area (Å²) in [4.78, 5) is 8.53. The lowest BCUT2D eigenvalue weighted by molar-refractivity contribution is 0.0851. The molecule has 162 valence electrons. The highest BCUT2D eigenvalue weighted by atomic mass is 16.5. The Balaban J connectivity index is 1.56. The molecule has 0 radical (unpaired) electrons. The van der Waals surface area contributed by atoms with Crippen LogP contribution in [0.5, 0.6) is 0 Å². The van der Waals surface area contributed by atoms with Gasteiger partial charge >= 0.3 is 0 Å². The smallest absolute Gasteiger partial charge is 0.141 e. The molecule has 0 amide bonds. The maximum absolute atomic E-state index is 9.21. The number of rotatable bonds is 4. The molecule has 0 bridgehead atoms. The molecule has 0 saturated carbocycles. The van der Waals surface area contributed by atoms with Crippen LogP contribution in [0.4, 0.5) is 5.82 Å². The Morgan fingerprint density at radius 2 is 1.84 bits per heavy atom. The van der Waals surface area contributed by atoms with E-state index in [1.54, 1.807) is 12.3 Å². The lowest BCUT2D eigenvalue weighted by Crippen LogP contribution is -2.19. The number of pyridine rings is 2. The summed E-state index contributed by atoms with van der Waals surface area (Å²) in [5.41, 5.74) is 13.2. The van der Waals surface area contributed by atoms with Crippen LogP contribution >= 0.6 is 0 Å². The van der Waals surface area contributed by atoms with Crippen molar-refractivity contribution in [3.63, 3.8) is 0 Å². The zero-order chi connectivity index (χ0) is 21.9. The average Bonchev–Trinajstić information content (AvgIpc) is 3.39. The van der Waals surface area contributed by atoms with Crippen LogP contribution in [0.25, 0.3) is 22.3 Å². The SMILES string of the molecule is N#Cc1cc(-c2cc(-c3ccc(C4CCOCC4)c([C@@H]4CCCN4)c3)cnc2N)ccn1. The molecule has 3 aromatic rings. The zero-order valence-corrected chi connectivity index (χ0v) is 18.1. The molecule has 6 nitrogen and oxygen atoms in total. The van der Waals surface area contributed by atoms with Crippen molar-refractivity contribution < 1.29 is 4.74 Å². The van der Waals surface area contributed by atoms with Gasteiger partial charge in [0, 0.05) is 42.8 Å². The molecule has 3 N–H and O–H groups in total. The lowest BCUT2D eigenvalue weighted by Gasteiger charge is -2.27. The van der Waals surface area contributed by atoms with Crippen molar-refractivity contribution in [2.45, 2.75) is 37.6 Å². The second-order valence-electron chi connectivity index (χ2n) is 8.58. The third kappa shape index (κ3) is 4.10. The molecule has 0 spiro atoms. The summed E-state index contributed by atoms with van der Waals surface area (Å²) in [6.07, 6.45) is 8.00. The molecule has 4 heterocycles. The Kier molecular flexibility index (Phi) is 5.85. The number of nitrogens with two attached hydrogens (primary N) is 1. The van der Waals surface area contributed by atoms with Crippen molar-refractivity contribution in [2.24, 2.45) is 0 Å². The number of nitrogens with one attached hydrogen (secondary N) is 1. The molecule has 2 aliphatic rings. The quantitative estimate of drug-likeness (QED) is 0.635. The Labute approximate surface area is 188 Å². The van der Waals surface area contributed by atoms with Gasteiger partial charge in [-0.2, -0.15) is 5.26 Å². The maximum atomic E-state index is 9.21. The standard InChI is InChI=1S/C26H27N5O/c27-15-21-12-19(5-9-29-21)23-14-20(16-31-26(23)28)18-3-4-22(17-6-10-32-11-7-17)24(13-18)25-2-1-8-30-25/h3-5,9,12-14,16-17,25,30H,1-2,6-8,10-11H2,(H2,28,31)/t25-/m0/s1. The second kappa shape index (κ2) is 9.07. The van der Waals surface area contributed by atoms with E-state index in [-0.39, 0.29) is 0 Å². The van der Waals surface area contributed by atoms with Gasteiger partial charge in [-0.05, 0) is 84.7 Å². The predicted octanol–water partition coefficient (Wildman–Crippen LogP) is 4.58. The van der Waals surface area contributed by atoms with Gasteiger partial charge in [0.15, 0.2) is 0 Å². The van der Waals surface area contributed by atoms with Gasteiger partial charge in [-0.15, -0.1) is 0 Å². The third-order valence-corrected chi connectivity index (χ3v) is 6.62. The summed E-state index contributed by atoms with van der Waals surface area (Å²) >= 11 is 0. The van der Waals surface area contributed by atoms with Gasteiger partial charge in [0.05, 0.1) is 0 Å². The first-order valence-corrected chi connectivity index (χ1v) is 11.3. The van der Waals surface area contributed by atoms with Crippen molar-refractivity contribution in [2.75, 3.05) is 25.5 Å². The number of aromatic nitrogens is 2. The van der Waals surface area contributed by atoms with Crippen LogP contribution in [0.15, 0.2) is 48.8 Å². The van der Waals surface area contributed by atoms with Crippen molar-refractivity contribution in [1.29, 1.82) is 5.26 Å². The van der Waals surface area contributed by atoms with Crippen molar-refractivity contribution in [3.8, 4) is 28.3 Å². The molecule has 0 aliphatic carbocycles. The molecule has 1 atom stereocenters. The topological polar surface area (TPSA) is 96.8 Å². The number of ether oxygens (including phenoxy) is 1. The molecule has 2 fully saturated rings. The van der Waals surface area contributed by atoms with Crippen LogP contribution in [0.2, 0.25) is 0 Å². The van der Waals surface area contributed by atoms with Gasteiger partial charge in [0.25, 0.3) is 0 Å². The minimum atomic E-state index is 0.364. The number of benzene rings is 1. The molecule has 2 aromatic heterocycles. The van der Waals surface area contributed by atoms with E-state index in [0.29, 0.717) is 23.5 Å². The second-order valence-corrected chi connectivity index (χ2v) is 8.58. The first-order valence-electron chi connectivity index (χ1n) is 11.3. The molecule has 32 heavy (non-hydrogen) atoms. The molecule has 2 saturated heterocycles. The monoisotopic (exact) mass is 425 g/mol. The molecular formula is C26H27N5O. The minimum absolute atomic E-state index is 0.364. The summed E-state index contributed by atoms with van der Waals surface area (Å²) in [5.74, 6) is 0.997. The predicted molar refractivity (Wildman–Crippen MR) is 125 cm³/mol. The number of nitriles is 1. The van der Waals surface area contributed by atoms with E-state index in [1.165, 1.54) is 24.0 Å². The maximum Gasteiger partial charge on any atom is 0.141 e. The Bertz CT molecular complexity index is 1160. The van der Waals surface area contributed by atoms with E-state index in [9.17, 15) is 5.26 Å². The minimum Gasteiger partial charge on any atom is -0.383 e. The fourth-order valence-corrected chi connectivity index (χ4v) is 4.91. The largest absolute Gasteiger partial charge is 0.383 e. The molecular weight excluding hydrogens is 398 g/mol. The van der Waals surface area contributed by atoms with Gasteiger partial charge in [-0.25, -0.2) is 9.97 Å².